The molecule has 0 aromatic rings. The Morgan fingerprint density at radius 1 is 1.60 bits per heavy atom. The molecule has 0 rings (SSSR count). The van der Waals surface area contributed by atoms with Gasteiger partial charge in [0.1, 0.15) is 0 Å². The van der Waals surface area contributed by atoms with Gasteiger partial charge in [-0.3, -0.25) is 10.2 Å². The number of hydrogen-bond acceptors (Lipinski definition) is 4. The molecule has 15 heavy (non-hydrogen) atoms. The maximum absolute atomic E-state index is 11.2. The van der Waals surface area contributed by atoms with Crippen molar-refractivity contribution in [2.75, 3.05) is 20.3 Å². The van der Waals surface area contributed by atoms with E-state index in [0.717, 1.165) is 0 Å². The van der Waals surface area contributed by atoms with E-state index in [9.17, 15) is 4.79 Å². The number of nitrogens with one attached hydrogen (secondary N) is 2. The Labute approximate surface area is 94.2 Å². The zero-order valence-electron chi connectivity index (χ0n) is 8.87. The van der Waals surface area contributed by atoms with Gasteiger partial charge in [-0.15, -0.1) is 0 Å². The molecule has 1 amide bonds. The minimum atomic E-state index is -0.113. The van der Waals surface area contributed by atoms with Crippen molar-refractivity contribution in [3.8, 4) is 0 Å². The van der Waals surface area contributed by atoms with Crippen LogP contribution in [0.25, 0.3) is 0 Å². The molecule has 4 N–H and O–H groups in total. The SMILES string of the molecule is COCCNC(=O)C/C(C)=N/NC(N)=S. The van der Waals surface area contributed by atoms with Crippen LogP contribution in [0.15, 0.2) is 5.10 Å². The molecule has 0 aromatic carbocycles. The summed E-state index contributed by atoms with van der Waals surface area (Å²) in [5, 5.41) is 6.54. The Hall–Kier alpha value is -1.21. The van der Waals surface area contributed by atoms with Crippen LogP contribution in [0.5, 0.6) is 0 Å². The fraction of sp³-hybridized carbons (Fsp3) is 0.625. The van der Waals surface area contributed by atoms with Crippen LogP contribution in [-0.4, -0.2) is 37.0 Å². The summed E-state index contributed by atoms with van der Waals surface area (Å²) in [6, 6.07) is 0. The van der Waals surface area contributed by atoms with E-state index in [1.807, 2.05) is 0 Å². The fourth-order valence-electron chi connectivity index (χ4n) is 0.777. The molecular weight excluding hydrogens is 216 g/mol. The summed E-state index contributed by atoms with van der Waals surface area (Å²) in [6.07, 6.45) is 0.208. The number of rotatable bonds is 6. The molecule has 0 aliphatic rings. The number of nitrogens with zero attached hydrogens (tertiary/aromatic N) is 1. The quantitative estimate of drug-likeness (QED) is 0.245. The van der Waals surface area contributed by atoms with Gasteiger partial charge in [0.05, 0.1) is 13.0 Å². The first-order chi connectivity index (χ1) is 7.06. The number of nitrogens with two attached hydrogens (primary N) is 1. The summed E-state index contributed by atoms with van der Waals surface area (Å²) < 4.78 is 4.79. The Morgan fingerprint density at radius 3 is 2.80 bits per heavy atom. The monoisotopic (exact) mass is 232 g/mol. The zero-order valence-corrected chi connectivity index (χ0v) is 9.69. The third-order valence-electron chi connectivity index (χ3n) is 1.40. The lowest BCUT2D eigenvalue weighted by molar-refractivity contribution is -0.120. The number of methoxy groups -OCH3 is 1. The van der Waals surface area contributed by atoms with E-state index in [0.29, 0.717) is 18.9 Å². The zero-order chi connectivity index (χ0) is 11.7. The third-order valence-corrected chi connectivity index (χ3v) is 1.49. The summed E-state index contributed by atoms with van der Waals surface area (Å²) in [5.74, 6) is -0.113. The fourth-order valence-corrected chi connectivity index (χ4v) is 0.823. The maximum atomic E-state index is 11.2. The minimum Gasteiger partial charge on any atom is -0.383 e. The van der Waals surface area contributed by atoms with Crippen molar-refractivity contribution in [2.24, 2.45) is 10.8 Å². The number of carbonyl (C=O) groups is 1. The number of hydrogen-bond donors (Lipinski definition) is 3. The van der Waals surface area contributed by atoms with Gasteiger partial charge in [-0.05, 0) is 19.1 Å². The molecule has 0 radical (unpaired) electrons. The van der Waals surface area contributed by atoms with Crippen molar-refractivity contribution in [1.29, 1.82) is 0 Å². The van der Waals surface area contributed by atoms with Crippen molar-refractivity contribution in [3.05, 3.63) is 0 Å². The highest BCUT2D eigenvalue weighted by molar-refractivity contribution is 7.80. The predicted molar refractivity (Wildman–Crippen MR) is 62.5 cm³/mol. The first kappa shape index (κ1) is 13.8. The molecular formula is C8H16N4O2S. The average Bonchev–Trinajstić information content (AvgIpc) is 2.15. The highest BCUT2D eigenvalue weighted by Gasteiger charge is 2.02. The van der Waals surface area contributed by atoms with Gasteiger partial charge in [0, 0.05) is 19.4 Å². The lowest BCUT2D eigenvalue weighted by Gasteiger charge is -2.04. The van der Waals surface area contributed by atoms with Crippen LogP contribution in [0.3, 0.4) is 0 Å². The van der Waals surface area contributed by atoms with Gasteiger partial charge in [0.15, 0.2) is 5.11 Å². The normalized spacial score (nSPS) is 10.9. The van der Waals surface area contributed by atoms with Gasteiger partial charge in [-0.1, -0.05) is 0 Å². The van der Waals surface area contributed by atoms with Gasteiger partial charge in [0.25, 0.3) is 0 Å². The van der Waals surface area contributed by atoms with Crippen LogP contribution < -0.4 is 16.5 Å². The van der Waals surface area contributed by atoms with Gasteiger partial charge in [0.2, 0.25) is 5.91 Å². The van der Waals surface area contributed by atoms with Crippen molar-refractivity contribution in [1.82, 2.24) is 10.7 Å². The molecule has 0 atom stereocenters. The summed E-state index contributed by atoms with van der Waals surface area (Å²) in [6.45, 7) is 2.69. The van der Waals surface area contributed by atoms with Crippen molar-refractivity contribution in [2.45, 2.75) is 13.3 Å². The first-order valence-corrected chi connectivity index (χ1v) is 4.81. The molecule has 86 valence electrons. The largest absolute Gasteiger partial charge is 0.383 e. The van der Waals surface area contributed by atoms with E-state index in [1.54, 1.807) is 14.0 Å². The molecule has 0 saturated carbocycles. The Kier molecular flexibility index (Phi) is 7.47. The molecule has 0 saturated heterocycles. The summed E-state index contributed by atoms with van der Waals surface area (Å²) in [4.78, 5) is 11.2. The first-order valence-electron chi connectivity index (χ1n) is 4.40. The van der Waals surface area contributed by atoms with Crippen LogP contribution >= 0.6 is 12.2 Å². The second-order valence-corrected chi connectivity index (χ2v) is 3.28. The van der Waals surface area contributed by atoms with Gasteiger partial charge in [-0.25, -0.2) is 0 Å². The third kappa shape index (κ3) is 9.10. The Morgan fingerprint density at radius 2 is 2.27 bits per heavy atom. The molecule has 0 aliphatic carbocycles. The summed E-state index contributed by atoms with van der Waals surface area (Å²) in [7, 11) is 1.57. The van der Waals surface area contributed by atoms with E-state index in [1.165, 1.54) is 0 Å². The van der Waals surface area contributed by atoms with Crippen LogP contribution in [0.4, 0.5) is 0 Å². The molecule has 0 spiro atoms. The molecule has 0 fully saturated rings. The standard InChI is InChI=1S/C8H16N4O2S/c1-6(11-12-8(9)15)5-7(13)10-3-4-14-2/h3-5H2,1-2H3,(H,10,13)(H3,9,12,15)/b11-6+. The minimum absolute atomic E-state index is 0.0779. The number of ether oxygens (including phenoxy) is 1. The summed E-state index contributed by atoms with van der Waals surface area (Å²) in [5.41, 5.74) is 8.19. The number of carbonyl (C=O) groups excluding carboxylic acids is 1. The predicted octanol–water partition coefficient (Wildman–Crippen LogP) is -0.652. The van der Waals surface area contributed by atoms with Crippen LogP contribution in [0.1, 0.15) is 13.3 Å². The topological polar surface area (TPSA) is 88.7 Å². The number of thiocarbonyl (C=S) groups is 1. The lowest BCUT2D eigenvalue weighted by Crippen LogP contribution is -2.30. The van der Waals surface area contributed by atoms with Crippen LogP contribution in [0, 0.1) is 0 Å². The molecule has 0 aliphatic heterocycles. The molecule has 0 aromatic heterocycles. The average molecular weight is 232 g/mol. The Bertz CT molecular complexity index is 255. The van der Waals surface area contributed by atoms with Gasteiger partial charge >= 0.3 is 0 Å². The van der Waals surface area contributed by atoms with E-state index < -0.39 is 0 Å². The number of hydrazone groups is 1. The van der Waals surface area contributed by atoms with E-state index in [2.05, 4.69) is 28.1 Å². The van der Waals surface area contributed by atoms with Crippen LogP contribution in [0.2, 0.25) is 0 Å². The highest BCUT2D eigenvalue weighted by Crippen LogP contribution is 1.85. The van der Waals surface area contributed by atoms with E-state index in [4.69, 9.17) is 10.5 Å². The van der Waals surface area contributed by atoms with Crippen LogP contribution in [-0.2, 0) is 9.53 Å². The summed E-state index contributed by atoms with van der Waals surface area (Å²) >= 11 is 4.56. The molecule has 0 heterocycles. The second-order valence-electron chi connectivity index (χ2n) is 2.84. The van der Waals surface area contributed by atoms with Crippen molar-refractivity contribution in [3.63, 3.8) is 0 Å². The molecule has 6 nitrogen and oxygen atoms in total. The smallest absolute Gasteiger partial charge is 0.225 e. The van der Waals surface area contributed by atoms with E-state index >= 15 is 0 Å². The van der Waals surface area contributed by atoms with Gasteiger partial charge < -0.3 is 15.8 Å². The maximum Gasteiger partial charge on any atom is 0.225 e. The van der Waals surface area contributed by atoms with Crippen molar-refractivity contribution < 1.29 is 9.53 Å². The van der Waals surface area contributed by atoms with E-state index in [-0.39, 0.29) is 17.4 Å². The van der Waals surface area contributed by atoms with Crippen molar-refractivity contribution >= 4 is 28.9 Å². The number of amides is 1. The highest BCUT2D eigenvalue weighted by atomic mass is 32.1. The second kappa shape index (κ2) is 8.13. The lowest BCUT2D eigenvalue weighted by atomic mass is 10.3. The van der Waals surface area contributed by atoms with Gasteiger partial charge in [-0.2, -0.15) is 5.10 Å². The Balaban J connectivity index is 3.75. The molecule has 0 bridgehead atoms. The molecule has 0 unspecified atom stereocenters. The molecule has 7 heteroatoms.